The third kappa shape index (κ3) is 5.61. The van der Waals surface area contributed by atoms with Crippen LogP contribution in [0.2, 0.25) is 0 Å². The Morgan fingerprint density at radius 1 is 1.16 bits per heavy atom. The summed E-state index contributed by atoms with van der Waals surface area (Å²) in [6.07, 6.45) is -5.15. The quantitative estimate of drug-likeness (QED) is 0.392. The van der Waals surface area contributed by atoms with Gasteiger partial charge in [-0.2, -0.15) is 13.2 Å². The van der Waals surface area contributed by atoms with Crippen molar-refractivity contribution >= 4 is 17.3 Å². The number of amides is 1. The highest BCUT2D eigenvalue weighted by Gasteiger charge is 2.42. The SMILES string of the molecule is CC#CC(O)(CC(C)(C)c1ccccc1)C(=O)Nc1ccc([N+](=O)[O-])c(C(F)(F)F)c1. The molecule has 1 unspecified atom stereocenters. The summed E-state index contributed by atoms with van der Waals surface area (Å²) < 4.78 is 39.6. The smallest absolute Gasteiger partial charge is 0.369 e. The molecule has 164 valence electrons. The van der Waals surface area contributed by atoms with Gasteiger partial charge in [0.15, 0.2) is 0 Å². The van der Waals surface area contributed by atoms with E-state index >= 15 is 0 Å². The zero-order chi connectivity index (χ0) is 23.4. The van der Waals surface area contributed by atoms with Crippen molar-refractivity contribution in [1.82, 2.24) is 0 Å². The number of anilines is 1. The van der Waals surface area contributed by atoms with E-state index in [0.29, 0.717) is 12.1 Å². The number of alkyl halides is 3. The Labute approximate surface area is 177 Å². The summed E-state index contributed by atoms with van der Waals surface area (Å²) in [7, 11) is 0. The highest BCUT2D eigenvalue weighted by atomic mass is 19.4. The lowest BCUT2D eigenvalue weighted by atomic mass is 9.75. The lowest BCUT2D eigenvalue weighted by molar-refractivity contribution is -0.388. The molecule has 2 N–H and O–H groups in total. The maximum absolute atomic E-state index is 13.2. The average molecular weight is 434 g/mol. The van der Waals surface area contributed by atoms with Gasteiger partial charge in [0.05, 0.1) is 4.92 Å². The van der Waals surface area contributed by atoms with Gasteiger partial charge in [-0.1, -0.05) is 50.1 Å². The second kappa shape index (κ2) is 8.78. The number of aliphatic hydroxyl groups is 1. The molecule has 31 heavy (non-hydrogen) atoms. The molecule has 1 amide bonds. The van der Waals surface area contributed by atoms with Crippen LogP contribution >= 0.6 is 0 Å². The van der Waals surface area contributed by atoms with Crippen LogP contribution in [0.3, 0.4) is 0 Å². The van der Waals surface area contributed by atoms with Crippen LogP contribution in [-0.2, 0) is 16.4 Å². The zero-order valence-corrected chi connectivity index (χ0v) is 17.1. The molecule has 0 radical (unpaired) electrons. The van der Waals surface area contributed by atoms with Crippen molar-refractivity contribution in [2.45, 2.75) is 44.4 Å². The van der Waals surface area contributed by atoms with E-state index in [1.165, 1.54) is 6.92 Å². The molecular formula is C22H21F3N2O4. The number of hydrogen-bond donors (Lipinski definition) is 2. The predicted octanol–water partition coefficient (Wildman–Crippen LogP) is 4.67. The molecule has 0 fully saturated rings. The highest BCUT2D eigenvalue weighted by molar-refractivity contribution is 5.99. The second-order valence-electron chi connectivity index (χ2n) is 7.60. The number of hydrogen-bond acceptors (Lipinski definition) is 4. The van der Waals surface area contributed by atoms with Crippen molar-refractivity contribution in [1.29, 1.82) is 0 Å². The number of carbonyl (C=O) groups is 1. The van der Waals surface area contributed by atoms with Gasteiger partial charge in [0.25, 0.3) is 11.6 Å². The summed E-state index contributed by atoms with van der Waals surface area (Å²) in [4.78, 5) is 22.6. The standard InChI is InChI=1S/C22H21F3N2O4/c1-4-12-21(29,14-20(2,3)15-8-6-5-7-9-15)19(28)26-16-10-11-18(27(30)31)17(13-16)22(23,24)25/h5-11,13,29H,14H2,1-3H3,(H,26,28). The fourth-order valence-corrected chi connectivity index (χ4v) is 3.25. The fourth-order valence-electron chi connectivity index (χ4n) is 3.25. The summed E-state index contributed by atoms with van der Waals surface area (Å²) in [5.41, 5.74) is -5.09. The monoisotopic (exact) mass is 434 g/mol. The topological polar surface area (TPSA) is 92.5 Å². The maximum atomic E-state index is 13.2. The summed E-state index contributed by atoms with van der Waals surface area (Å²) in [6.45, 7) is 5.01. The molecule has 2 aromatic carbocycles. The minimum atomic E-state index is -5.00. The van der Waals surface area contributed by atoms with Crippen molar-refractivity contribution in [3.8, 4) is 11.8 Å². The van der Waals surface area contributed by atoms with Gasteiger partial charge in [-0.3, -0.25) is 14.9 Å². The van der Waals surface area contributed by atoms with Crippen molar-refractivity contribution in [2.24, 2.45) is 0 Å². The van der Waals surface area contributed by atoms with Gasteiger partial charge in [0.1, 0.15) is 5.56 Å². The highest BCUT2D eigenvalue weighted by Crippen LogP contribution is 2.38. The first-order valence-electron chi connectivity index (χ1n) is 9.19. The van der Waals surface area contributed by atoms with Crippen molar-refractivity contribution in [2.75, 3.05) is 5.32 Å². The van der Waals surface area contributed by atoms with Gasteiger partial charge in [0.2, 0.25) is 5.60 Å². The Kier molecular flexibility index (Phi) is 6.76. The summed E-state index contributed by atoms with van der Waals surface area (Å²) in [5, 5.41) is 24.1. The van der Waals surface area contributed by atoms with E-state index in [2.05, 4.69) is 17.2 Å². The van der Waals surface area contributed by atoms with Crippen LogP contribution in [0, 0.1) is 22.0 Å². The number of carbonyl (C=O) groups excluding carboxylic acids is 1. The summed E-state index contributed by atoms with van der Waals surface area (Å²) in [5.74, 6) is 3.89. The molecular weight excluding hydrogens is 413 g/mol. The van der Waals surface area contributed by atoms with Crippen LogP contribution in [-0.4, -0.2) is 21.5 Å². The first-order chi connectivity index (χ1) is 14.3. The van der Waals surface area contributed by atoms with Crippen molar-refractivity contribution in [3.05, 3.63) is 69.8 Å². The van der Waals surface area contributed by atoms with Gasteiger partial charge >= 0.3 is 6.18 Å². The first kappa shape index (κ1) is 23.9. The van der Waals surface area contributed by atoms with Crippen LogP contribution in [0.15, 0.2) is 48.5 Å². The summed E-state index contributed by atoms with van der Waals surface area (Å²) >= 11 is 0. The molecule has 2 rings (SSSR count). The third-order valence-corrected chi connectivity index (χ3v) is 4.72. The maximum Gasteiger partial charge on any atom is 0.423 e. The van der Waals surface area contributed by atoms with Crippen LogP contribution in [0.25, 0.3) is 0 Å². The number of halogens is 3. The molecule has 0 aliphatic carbocycles. The van der Waals surface area contributed by atoms with Gasteiger partial charge < -0.3 is 10.4 Å². The molecule has 9 heteroatoms. The van der Waals surface area contributed by atoms with E-state index in [1.807, 2.05) is 18.2 Å². The molecule has 6 nitrogen and oxygen atoms in total. The second-order valence-corrected chi connectivity index (χ2v) is 7.60. The molecule has 1 atom stereocenters. The van der Waals surface area contributed by atoms with Crippen molar-refractivity contribution in [3.63, 3.8) is 0 Å². The minimum Gasteiger partial charge on any atom is -0.369 e. The molecule has 0 aliphatic rings. The molecule has 0 aromatic heterocycles. The van der Waals surface area contributed by atoms with Crippen LogP contribution in [0.5, 0.6) is 0 Å². The largest absolute Gasteiger partial charge is 0.423 e. The first-order valence-corrected chi connectivity index (χ1v) is 9.19. The Hall–Kier alpha value is -3.38. The van der Waals surface area contributed by atoms with E-state index in [-0.39, 0.29) is 12.1 Å². The number of benzene rings is 2. The van der Waals surface area contributed by atoms with E-state index in [9.17, 15) is 33.2 Å². The Morgan fingerprint density at radius 3 is 2.29 bits per heavy atom. The van der Waals surface area contributed by atoms with Gasteiger partial charge in [0, 0.05) is 18.2 Å². The molecule has 0 bridgehead atoms. The third-order valence-electron chi connectivity index (χ3n) is 4.72. The minimum absolute atomic E-state index is 0.143. The van der Waals surface area contributed by atoms with E-state index in [0.717, 1.165) is 11.6 Å². The normalized spacial score (nSPS) is 13.5. The van der Waals surface area contributed by atoms with Gasteiger partial charge in [-0.05, 0) is 30.0 Å². The number of nitrogens with one attached hydrogen (secondary N) is 1. The molecule has 0 heterocycles. The van der Waals surface area contributed by atoms with Crippen LogP contribution in [0.1, 0.15) is 38.3 Å². The molecule has 0 saturated carbocycles. The molecule has 0 aliphatic heterocycles. The Balaban J connectivity index is 2.38. The van der Waals surface area contributed by atoms with E-state index in [4.69, 9.17) is 0 Å². The molecule has 0 spiro atoms. The Morgan fingerprint density at radius 2 is 1.77 bits per heavy atom. The molecule has 0 saturated heterocycles. The number of rotatable bonds is 6. The summed E-state index contributed by atoms with van der Waals surface area (Å²) in [6, 6.07) is 11.1. The number of nitro benzene ring substituents is 1. The number of nitrogens with zero attached hydrogens (tertiary/aromatic N) is 1. The average Bonchev–Trinajstić information content (AvgIpc) is 2.67. The van der Waals surface area contributed by atoms with E-state index in [1.54, 1.807) is 26.0 Å². The fraction of sp³-hybridized carbons (Fsp3) is 0.318. The lowest BCUT2D eigenvalue weighted by Gasteiger charge is -2.32. The Bertz CT molecular complexity index is 1040. The predicted molar refractivity (Wildman–Crippen MR) is 109 cm³/mol. The molecule has 2 aromatic rings. The van der Waals surface area contributed by atoms with Crippen LogP contribution < -0.4 is 5.32 Å². The lowest BCUT2D eigenvalue weighted by Crippen LogP contribution is -2.46. The zero-order valence-electron chi connectivity index (χ0n) is 17.1. The van der Waals surface area contributed by atoms with Crippen LogP contribution in [0.4, 0.5) is 24.5 Å². The van der Waals surface area contributed by atoms with E-state index < -0.39 is 39.3 Å². The van der Waals surface area contributed by atoms with Gasteiger partial charge in [-0.25, -0.2) is 0 Å². The number of nitro groups is 1. The van der Waals surface area contributed by atoms with Gasteiger partial charge in [-0.15, -0.1) is 5.92 Å². The van der Waals surface area contributed by atoms with Crippen molar-refractivity contribution < 1.29 is 28.0 Å².